The summed E-state index contributed by atoms with van der Waals surface area (Å²) in [6.45, 7) is 7.30. The van der Waals surface area contributed by atoms with Gasteiger partial charge < -0.3 is 10.1 Å². The lowest BCUT2D eigenvalue weighted by Gasteiger charge is -2.31. The highest BCUT2D eigenvalue weighted by Crippen LogP contribution is 2.40. The molecule has 276 valence electrons. The molecule has 2 N–H and O–H groups in total. The third kappa shape index (κ3) is 7.14. The second kappa shape index (κ2) is 13.5. The number of hydrogen-bond donors (Lipinski definition) is 2. The first-order valence-corrected chi connectivity index (χ1v) is 20.4. The van der Waals surface area contributed by atoms with Gasteiger partial charge in [-0.15, -0.1) is 0 Å². The molecule has 6 rings (SSSR count). The van der Waals surface area contributed by atoms with E-state index in [1.54, 1.807) is 20.0 Å². The third-order valence-electron chi connectivity index (χ3n) is 10.2. The molecule has 3 aromatic carbocycles. The Morgan fingerprint density at radius 1 is 1.02 bits per heavy atom. The fraction of sp³-hybridized carbons (Fsp3) is 0.395. The van der Waals surface area contributed by atoms with Gasteiger partial charge >= 0.3 is 5.97 Å². The van der Waals surface area contributed by atoms with Crippen LogP contribution in [0.3, 0.4) is 0 Å². The summed E-state index contributed by atoms with van der Waals surface area (Å²) in [6, 6.07) is 13.3. The molecule has 5 aromatic rings. The van der Waals surface area contributed by atoms with Crippen molar-refractivity contribution in [3.63, 3.8) is 0 Å². The lowest BCUT2D eigenvalue weighted by molar-refractivity contribution is -0.141. The topological polar surface area (TPSA) is 152 Å². The minimum absolute atomic E-state index is 0.0290. The third-order valence-corrected chi connectivity index (χ3v) is 14.1. The molecule has 10 nitrogen and oxygen atoms in total. The maximum atomic E-state index is 15.9. The monoisotopic (exact) mass is 752 g/mol. The zero-order valence-electron chi connectivity index (χ0n) is 29.7. The minimum atomic E-state index is -4.66. The molecule has 14 heteroatoms. The largest absolute Gasteiger partial charge is 0.481 e. The van der Waals surface area contributed by atoms with Gasteiger partial charge in [-0.25, -0.2) is 35.3 Å². The van der Waals surface area contributed by atoms with Gasteiger partial charge in [-0.2, -0.15) is 5.10 Å². The van der Waals surface area contributed by atoms with E-state index >= 15 is 8.78 Å². The molecule has 0 radical (unpaired) electrons. The van der Waals surface area contributed by atoms with Crippen LogP contribution < -0.4 is 0 Å². The SMILES string of the molecule is CC(Cc1cccc(C2(C)CCCC(C)(C)CS(=O)(=O)CCc3c(c(F)cc4[nH]ccc34)S(=O)(=O)c3ccc(F)c(c3)-c3nc2nn3C)c1)C(=O)O. The van der Waals surface area contributed by atoms with E-state index in [1.807, 2.05) is 45.0 Å². The van der Waals surface area contributed by atoms with Gasteiger partial charge in [-0.05, 0) is 85.0 Å². The standard InChI is InChI=1S/C38H42F2N4O6S2/c1-23(35(45)46)18-24-8-6-9-25(19-24)38(4)15-7-14-37(2,3)22-51(47,48)17-13-28-27-12-16-41-32(27)21-31(40)33(28)52(49,50)26-10-11-30(39)29(20-26)34-42-36(38)43-44(34)5/h6,8-12,16,19-21,23,41H,7,13-15,17-18,22H2,1-5H3,(H,45,46). The van der Waals surface area contributed by atoms with Gasteiger partial charge in [-0.3, -0.25) is 4.79 Å². The summed E-state index contributed by atoms with van der Waals surface area (Å²) in [5.41, 5.74) is 0.187. The van der Waals surface area contributed by atoms with Crippen molar-refractivity contribution in [2.75, 3.05) is 11.5 Å². The molecule has 0 saturated carbocycles. The van der Waals surface area contributed by atoms with E-state index in [9.17, 15) is 26.7 Å². The van der Waals surface area contributed by atoms with Gasteiger partial charge in [0.15, 0.2) is 21.5 Å². The van der Waals surface area contributed by atoms with Gasteiger partial charge in [0.1, 0.15) is 16.5 Å². The van der Waals surface area contributed by atoms with Crippen molar-refractivity contribution in [2.45, 2.75) is 75.0 Å². The van der Waals surface area contributed by atoms with Crippen LogP contribution in [0.15, 0.2) is 70.6 Å². The van der Waals surface area contributed by atoms with Crippen molar-refractivity contribution < 1.29 is 35.5 Å². The highest BCUT2D eigenvalue weighted by Gasteiger charge is 2.37. The number of carboxylic acid groups (broad SMARTS) is 1. The van der Waals surface area contributed by atoms with E-state index in [1.165, 1.54) is 10.9 Å². The molecule has 52 heavy (non-hydrogen) atoms. The number of hydrogen-bond acceptors (Lipinski definition) is 7. The van der Waals surface area contributed by atoms with E-state index in [0.717, 1.165) is 35.4 Å². The molecule has 2 aromatic heterocycles. The Kier molecular flexibility index (Phi) is 9.71. The zero-order valence-corrected chi connectivity index (χ0v) is 31.3. The summed E-state index contributed by atoms with van der Waals surface area (Å²) in [4.78, 5) is 18.3. The molecule has 0 spiro atoms. The molecular weight excluding hydrogens is 711 g/mol. The Bertz CT molecular complexity index is 2420. The highest BCUT2D eigenvalue weighted by atomic mass is 32.2. The number of nitrogens with one attached hydrogen (secondary N) is 1. The van der Waals surface area contributed by atoms with Crippen molar-refractivity contribution in [1.29, 1.82) is 0 Å². The normalized spacial score (nSPS) is 20.8. The first kappa shape index (κ1) is 37.3. The number of rotatable bonds is 4. The number of carbonyl (C=O) groups is 1. The average molecular weight is 753 g/mol. The molecular formula is C38H42F2N4O6S2. The van der Waals surface area contributed by atoms with Gasteiger partial charge in [0, 0.05) is 24.1 Å². The van der Waals surface area contributed by atoms with Crippen LogP contribution in [-0.4, -0.2) is 59.2 Å². The average Bonchev–Trinajstić information content (AvgIpc) is 3.69. The van der Waals surface area contributed by atoms with Crippen molar-refractivity contribution in [1.82, 2.24) is 19.7 Å². The van der Waals surface area contributed by atoms with Gasteiger partial charge in [0.2, 0.25) is 9.84 Å². The van der Waals surface area contributed by atoms with Crippen LogP contribution in [0.25, 0.3) is 22.3 Å². The maximum Gasteiger partial charge on any atom is 0.306 e. The van der Waals surface area contributed by atoms with E-state index in [2.05, 4.69) is 4.98 Å². The molecule has 4 bridgehead atoms. The summed E-state index contributed by atoms with van der Waals surface area (Å²) < 4.78 is 89.0. The zero-order chi connectivity index (χ0) is 37.8. The molecule has 1 aliphatic rings. The second-order valence-corrected chi connectivity index (χ2v) is 19.0. The fourth-order valence-corrected chi connectivity index (χ4v) is 11.0. The first-order chi connectivity index (χ1) is 24.3. The Labute approximate surface area is 302 Å². The molecule has 0 amide bonds. The molecule has 0 saturated heterocycles. The first-order valence-electron chi connectivity index (χ1n) is 17.1. The number of carboxylic acids is 1. The maximum absolute atomic E-state index is 15.9. The van der Waals surface area contributed by atoms with Crippen LogP contribution in [0, 0.1) is 23.0 Å². The molecule has 2 unspecified atom stereocenters. The molecule has 1 aliphatic heterocycles. The Morgan fingerprint density at radius 2 is 1.77 bits per heavy atom. The number of aryl methyl sites for hydroxylation is 2. The van der Waals surface area contributed by atoms with Crippen molar-refractivity contribution in [3.8, 4) is 11.4 Å². The number of aromatic nitrogens is 4. The fourth-order valence-electron chi connectivity index (χ4n) is 7.36. The van der Waals surface area contributed by atoms with Crippen molar-refractivity contribution >= 4 is 36.5 Å². The van der Waals surface area contributed by atoms with Gasteiger partial charge in [0.25, 0.3) is 0 Å². The van der Waals surface area contributed by atoms with Gasteiger partial charge in [0.05, 0.1) is 33.3 Å². The summed E-state index contributed by atoms with van der Waals surface area (Å²) >= 11 is 0. The number of aliphatic carboxylic acids is 1. The molecule has 3 heterocycles. The predicted molar refractivity (Wildman–Crippen MR) is 193 cm³/mol. The molecule has 2 atom stereocenters. The lowest BCUT2D eigenvalue weighted by atomic mass is 9.75. The lowest BCUT2D eigenvalue weighted by Crippen LogP contribution is -2.29. The Hall–Kier alpha value is -4.43. The Balaban J connectivity index is 1.56. The van der Waals surface area contributed by atoms with Crippen LogP contribution in [-0.2, 0) is 49.8 Å². The minimum Gasteiger partial charge on any atom is -0.481 e. The van der Waals surface area contributed by atoms with E-state index in [4.69, 9.17) is 10.1 Å². The van der Waals surface area contributed by atoms with Crippen LogP contribution in [0.4, 0.5) is 8.78 Å². The van der Waals surface area contributed by atoms with Crippen molar-refractivity contribution in [2.24, 2.45) is 18.4 Å². The Morgan fingerprint density at radius 3 is 2.50 bits per heavy atom. The number of H-pyrrole nitrogens is 1. The predicted octanol–water partition coefficient (Wildman–Crippen LogP) is 6.81. The summed E-state index contributed by atoms with van der Waals surface area (Å²) in [5.74, 6) is -3.58. The van der Waals surface area contributed by atoms with Crippen LogP contribution in [0.2, 0.25) is 0 Å². The molecule has 0 fully saturated rings. The van der Waals surface area contributed by atoms with Gasteiger partial charge in [-0.1, -0.05) is 51.5 Å². The smallest absolute Gasteiger partial charge is 0.306 e. The van der Waals surface area contributed by atoms with E-state index in [-0.39, 0.29) is 35.5 Å². The number of fused-ring (bicyclic) bond motifs is 8. The summed E-state index contributed by atoms with van der Waals surface area (Å²) in [5, 5.41) is 14.6. The van der Waals surface area contributed by atoms with Crippen LogP contribution in [0.5, 0.6) is 0 Å². The summed E-state index contributed by atoms with van der Waals surface area (Å²) in [6.07, 6.45) is 3.08. The number of benzene rings is 3. The second-order valence-electron chi connectivity index (χ2n) is 15.0. The number of aromatic amines is 1. The van der Waals surface area contributed by atoms with E-state index in [0.29, 0.717) is 36.0 Å². The highest BCUT2D eigenvalue weighted by molar-refractivity contribution is 7.92. The molecule has 0 aliphatic carbocycles. The quantitative estimate of drug-likeness (QED) is 0.190. The number of sulfone groups is 2. The summed E-state index contributed by atoms with van der Waals surface area (Å²) in [7, 11) is -6.86. The number of halogens is 2. The van der Waals surface area contributed by atoms with Crippen LogP contribution in [0.1, 0.15) is 69.5 Å². The van der Waals surface area contributed by atoms with E-state index < -0.39 is 69.6 Å². The van der Waals surface area contributed by atoms with Crippen LogP contribution >= 0.6 is 0 Å². The van der Waals surface area contributed by atoms with Crippen molar-refractivity contribution in [3.05, 3.63) is 94.9 Å². The number of nitrogens with zero attached hydrogens (tertiary/aromatic N) is 3.